The summed E-state index contributed by atoms with van der Waals surface area (Å²) >= 11 is 2.05. The number of nitrogens with zero attached hydrogens (tertiary/aromatic N) is 2. The van der Waals surface area contributed by atoms with Crippen LogP contribution in [0.15, 0.2) is 24.4 Å². The van der Waals surface area contributed by atoms with Gasteiger partial charge in [0.15, 0.2) is 0 Å². The number of aromatic nitrogens is 1. The van der Waals surface area contributed by atoms with Gasteiger partial charge in [0, 0.05) is 36.3 Å². The number of hydrogen-bond donors (Lipinski definition) is 1. The summed E-state index contributed by atoms with van der Waals surface area (Å²) in [6.07, 6.45) is 2.85. The maximum absolute atomic E-state index is 6.34. The first-order chi connectivity index (χ1) is 8.72. The highest BCUT2D eigenvalue weighted by atomic mass is 32.2. The lowest BCUT2D eigenvalue weighted by Crippen LogP contribution is -2.46. The van der Waals surface area contributed by atoms with E-state index in [1.165, 1.54) is 5.75 Å². The molecule has 18 heavy (non-hydrogen) atoms. The minimum atomic E-state index is 0.162. The minimum Gasteiger partial charge on any atom is -0.326 e. The molecule has 1 aliphatic rings. The molecule has 0 saturated carbocycles. The smallest absolute Gasteiger partial charge is 0.0674 e. The van der Waals surface area contributed by atoms with Gasteiger partial charge in [-0.3, -0.25) is 9.88 Å². The standard InChI is InChI=1S/C14H23N3S/c1-3-12(15)14(13-6-4-5-7-16-13)17-8-9-18-11(2)10-17/h4-7,11-12,14H,3,8-10,15H2,1-2H3. The Labute approximate surface area is 114 Å². The van der Waals surface area contributed by atoms with Crippen molar-refractivity contribution < 1.29 is 0 Å². The Morgan fingerprint density at radius 1 is 1.56 bits per heavy atom. The topological polar surface area (TPSA) is 42.1 Å². The summed E-state index contributed by atoms with van der Waals surface area (Å²) in [7, 11) is 0. The van der Waals surface area contributed by atoms with Gasteiger partial charge in [0.25, 0.3) is 0 Å². The zero-order valence-electron chi connectivity index (χ0n) is 11.2. The van der Waals surface area contributed by atoms with Crippen LogP contribution in [0.4, 0.5) is 0 Å². The van der Waals surface area contributed by atoms with Gasteiger partial charge in [0.2, 0.25) is 0 Å². The number of pyridine rings is 1. The van der Waals surface area contributed by atoms with Crippen LogP contribution in [0.2, 0.25) is 0 Å². The Balaban J connectivity index is 2.20. The van der Waals surface area contributed by atoms with Crippen LogP contribution in [0.1, 0.15) is 32.0 Å². The third-order valence-electron chi connectivity index (χ3n) is 3.53. The van der Waals surface area contributed by atoms with Crippen molar-refractivity contribution in [3.05, 3.63) is 30.1 Å². The maximum Gasteiger partial charge on any atom is 0.0674 e. The first kappa shape index (κ1) is 13.8. The average molecular weight is 265 g/mol. The quantitative estimate of drug-likeness (QED) is 0.907. The Morgan fingerprint density at radius 3 is 3.00 bits per heavy atom. The van der Waals surface area contributed by atoms with Gasteiger partial charge in [-0.1, -0.05) is 19.9 Å². The molecule has 1 aliphatic heterocycles. The van der Waals surface area contributed by atoms with E-state index in [9.17, 15) is 0 Å². The second-order valence-electron chi connectivity index (χ2n) is 4.95. The molecule has 3 unspecified atom stereocenters. The summed E-state index contributed by atoms with van der Waals surface area (Å²) in [4.78, 5) is 7.03. The Morgan fingerprint density at radius 2 is 2.39 bits per heavy atom. The van der Waals surface area contributed by atoms with E-state index in [1.807, 2.05) is 12.3 Å². The molecule has 4 heteroatoms. The summed E-state index contributed by atoms with van der Waals surface area (Å²) in [5, 5.41) is 0.689. The maximum atomic E-state index is 6.34. The van der Waals surface area contributed by atoms with E-state index in [-0.39, 0.29) is 12.1 Å². The lowest BCUT2D eigenvalue weighted by molar-refractivity contribution is 0.173. The first-order valence-electron chi connectivity index (χ1n) is 6.74. The number of thioether (sulfide) groups is 1. The van der Waals surface area contributed by atoms with Crippen LogP contribution < -0.4 is 5.73 Å². The minimum absolute atomic E-state index is 0.162. The molecule has 100 valence electrons. The molecule has 1 aromatic rings. The summed E-state index contributed by atoms with van der Waals surface area (Å²) < 4.78 is 0. The summed E-state index contributed by atoms with van der Waals surface area (Å²) in [5.74, 6) is 1.20. The molecule has 0 bridgehead atoms. The van der Waals surface area contributed by atoms with Crippen molar-refractivity contribution >= 4 is 11.8 Å². The zero-order valence-corrected chi connectivity index (χ0v) is 12.1. The third kappa shape index (κ3) is 3.25. The highest BCUT2D eigenvalue weighted by molar-refractivity contribution is 7.99. The van der Waals surface area contributed by atoms with Crippen LogP contribution in [0.5, 0.6) is 0 Å². The highest BCUT2D eigenvalue weighted by Crippen LogP contribution is 2.28. The lowest BCUT2D eigenvalue weighted by atomic mass is 10.00. The first-order valence-corrected chi connectivity index (χ1v) is 7.79. The van der Waals surface area contributed by atoms with Crippen molar-refractivity contribution in [1.29, 1.82) is 0 Å². The monoisotopic (exact) mass is 265 g/mol. The van der Waals surface area contributed by atoms with Crippen molar-refractivity contribution in [2.24, 2.45) is 5.73 Å². The highest BCUT2D eigenvalue weighted by Gasteiger charge is 2.29. The van der Waals surface area contributed by atoms with Crippen molar-refractivity contribution in [2.45, 2.75) is 37.6 Å². The molecule has 1 fully saturated rings. The molecule has 0 amide bonds. The summed E-state index contributed by atoms with van der Waals surface area (Å²) in [5.41, 5.74) is 7.45. The van der Waals surface area contributed by atoms with Crippen molar-refractivity contribution in [3.8, 4) is 0 Å². The van der Waals surface area contributed by atoms with Gasteiger partial charge in [-0.2, -0.15) is 11.8 Å². The fourth-order valence-corrected chi connectivity index (χ4v) is 3.59. The molecule has 3 atom stereocenters. The lowest BCUT2D eigenvalue weighted by Gasteiger charge is -2.39. The molecular formula is C14H23N3S. The van der Waals surface area contributed by atoms with Gasteiger partial charge in [-0.05, 0) is 18.6 Å². The van der Waals surface area contributed by atoms with Crippen molar-refractivity contribution in [3.63, 3.8) is 0 Å². The van der Waals surface area contributed by atoms with Gasteiger partial charge in [0.05, 0.1) is 11.7 Å². The van der Waals surface area contributed by atoms with Crippen LogP contribution in [0.25, 0.3) is 0 Å². The molecular weight excluding hydrogens is 242 g/mol. The van der Waals surface area contributed by atoms with E-state index >= 15 is 0 Å². The largest absolute Gasteiger partial charge is 0.326 e. The van der Waals surface area contributed by atoms with E-state index in [4.69, 9.17) is 5.73 Å². The van der Waals surface area contributed by atoms with E-state index in [0.717, 1.165) is 25.2 Å². The van der Waals surface area contributed by atoms with Gasteiger partial charge < -0.3 is 5.73 Å². The van der Waals surface area contributed by atoms with E-state index in [1.54, 1.807) is 0 Å². The zero-order chi connectivity index (χ0) is 13.0. The second kappa shape index (κ2) is 6.55. The third-order valence-corrected chi connectivity index (χ3v) is 4.67. The Kier molecular flexibility index (Phi) is 5.03. The van der Waals surface area contributed by atoms with Gasteiger partial charge in [-0.25, -0.2) is 0 Å². The van der Waals surface area contributed by atoms with Gasteiger partial charge in [0.1, 0.15) is 0 Å². The van der Waals surface area contributed by atoms with Crippen LogP contribution >= 0.6 is 11.8 Å². The average Bonchev–Trinajstić information content (AvgIpc) is 2.40. The number of rotatable bonds is 4. The predicted octanol–water partition coefficient (Wildman–Crippen LogP) is 2.30. The molecule has 1 aromatic heterocycles. The molecule has 0 aliphatic carbocycles. The van der Waals surface area contributed by atoms with Crippen LogP contribution in [0, 0.1) is 0 Å². The predicted molar refractivity (Wildman–Crippen MR) is 78.7 cm³/mol. The summed E-state index contributed by atoms with van der Waals surface area (Å²) in [6.45, 7) is 6.68. The van der Waals surface area contributed by atoms with Gasteiger partial charge >= 0.3 is 0 Å². The van der Waals surface area contributed by atoms with Crippen LogP contribution in [-0.4, -0.2) is 40.0 Å². The van der Waals surface area contributed by atoms with E-state index in [0.29, 0.717) is 5.25 Å². The van der Waals surface area contributed by atoms with Crippen LogP contribution in [0.3, 0.4) is 0 Å². The molecule has 2 heterocycles. The molecule has 0 radical (unpaired) electrons. The molecule has 2 rings (SSSR count). The molecule has 3 nitrogen and oxygen atoms in total. The molecule has 0 aromatic carbocycles. The molecule has 0 spiro atoms. The van der Waals surface area contributed by atoms with Gasteiger partial charge in [-0.15, -0.1) is 0 Å². The molecule has 1 saturated heterocycles. The molecule has 2 N–H and O–H groups in total. The van der Waals surface area contributed by atoms with E-state index < -0.39 is 0 Å². The van der Waals surface area contributed by atoms with Crippen LogP contribution in [-0.2, 0) is 0 Å². The summed E-state index contributed by atoms with van der Waals surface area (Å²) in [6, 6.07) is 6.55. The normalized spacial score (nSPS) is 24.7. The Hall–Kier alpha value is -0.580. The number of nitrogens with two attached hydrogens (primary N) is 1. The van der Waals surface area contributed by atoms with Crippen molar-refractivity contribution in [2.75, 3.05) is 18.8 Å². The van der Waals surface area contributed by atoms with E-state index in [2.05, 4.69) is 47.6 Å². The SMILES string of the molecule is CCC(N)C(c1ccccn1)N1CCSC(C)C1. The second-order valence-corrected chi connectivity index (χ2v) is 6.49. The number of hydrogen-bond acceptors (Lipinski definition) is 4. The van der Waals surface area contributed by atoms with Crippen molar-refractivity contribution in [1.82, 2.24) is 9.88 Å². The fraction of sp³-hybridized carbons (Fsp3) is 0.643. The fourth-order valence-electron chi connectivity index (χ4n) is 2.55. The Bertz CT molecular complexity index is 357.